The number of likely N-dealkylation sites (N-methyl/N-ethyl adjacent to an activating group) is 1. The highest BCUT2D eigenvalue weighted by Gasteiger charge is 2.23. The van der Waals surface area contributed by atoms with Gasteiger partial charge in [0.15, 0.2) is 0 Å². The zero-order chi connectivity index (χ0) is 20.5. The molecule has 2 heterocycles. The first kappa shape index (κ1) is 20.3. The van der Waals surface area contributed by atoms with Crippen molar-refractivity contribution in [1.29, 1.82) is 0 Å². The van der Waals surface area contributed by atoms with Gasteiger partial charge < -0.3 is 9.32 Å². The first-order chi connectivity index (χ1) is 13.9. The summed E-state index contributed by atoms with van der Waals surface area (Å²) in [6.45, 7) is 8.77. The zero-order valence-corrected chi connectivity index (χ0v) is 18.4. The van der Waals surface area contributed by atoms with E-state index in [-0.39, 0.29) is 5.91 Å². The Morgan fingerprint density at radius 2 is 1.90 bits per heavy atom. The van der Waals surface area contributed by atoms with Gasteiger partial charge in [-0.25, -0.2) is 0 Å². The third kappa shape index (κ3) is 4.44. The molecule has 154 valence electrons. The molecule has 1 saturated heterocycles. The van der Waals surface area contributed by atoms with Gasteiger partial charge in [0.25, 0.3) is 0 Å². The molecule has 3 aromatic rings. The average molecular weight is 412 g/mol. The lowest BCUT2D eigenvalue weighted by Gasteiger charge is -2.32. The first-order valence-electron chi connectivity index (χ1n) is 10.3. The van der Waals surface area contributed by atoms with Crippen LogP contribution in [0.1, 0.15) is 27.2 Å². The van der Waals surface area contributed by atoms with E-state index < -0.39 is 0 Å². The van der Waals surface area contributed by atoms with Crippen molar-refractivity contribution < 1.29 is 9.21 Å². The molecular formula is C23H29N3O2S. The molecule has 4 rings (SSSR count). The highest BCUT2D eigenvalue weighted by atomic mass is 32.2. The second kappa shape index (κ2) is 8.38. The summed E-state index contributed by atoms with van der Waals surface area (Å²) >= 11 is 1.67. The Kier molecular flexibility index (Phi) is 5.86. The number of carbonyl (C=O) groups is 1. The van der Waals surface area contributed by atoms with Crippen molar-refractivity contribution in [3.8, 4) is 0 Å². The van der Waals surface area contributed by atoms with Crippen molar-refractivity contribution in [2.75, 3.05) is 31.6 Å². The lowest BCUT2D eigenvalue weighted by molar-refractivity contribution is -0.120. The third-order valence-electron chi connectivity index (χ3n) is 5.35. The number of piperazine rings is 1. The van der Waals surface area contributed by atoms with E-state index in [1.165, 1.54) is 4.90 Å². The lowest BCUT2D eigenvalue weighted by Crippen LogP contribution is -2.48. The van der Waals surface area contributed by atoms with Crippen LogP contribution in [-0.2, 0) is 4.79 Å². The number of fused-ring (bicyclic) bond motifs is 3. The summed E-state index contributed by atoms with van der Waals surface area (Å²) in [5.41, 5.74) is 2.61. The molecule has 1 aromatic heterocycles. The molecular weight excluding hydrogens is 382 g/mol. The Morgan fingerprint density at radius 3 is 2.66 bits per heavy atom. The summed E-state index contributed by atoms with van der Waals surface area (Å²) < 4.78 is 9.63. The quantitative estimate of drug-likeness (QED) is 0.585. The molecule has 0 unspecified atom stereocenters. The summed E-state index contributed by atoms with van der Waals surface area (Å²) in [7, 11) is 1.98. The molecule has 1 aliphatic heterocycles. The maximum Gasteiger partial charge on any atom is 0.241 e. The Bertz CT molecular complexity index is 1030. The van der Waals surface area contributed by atoms with Crippen LogP contribution in [0.2, 0.25) is 0 Å². The van der Waals surface area contributed by atoms with Crippen molar-refractivity contribution in [2.45, 2.75) is 38.1 Å². The largest absolute Gasteiger partial charge is 0.456 e. The second-order valence-corrected chi connectivity index (χ2v) is 9.39. The minimum atomic E-state index is 0.134. The Morgan fingerprint density at radius 1 is 1.07 bits per heavy atom. The predicted octanol–water partition coefficient (Wildman–Crippen LogP) is 4.90. The fraction of sp³-hybridized carbons (Fsp3) is 0.435. The van der Waals surface area contributed by atoms with E-state index in [1.807, 2.05) is 35.0 Å². The molecule has 6 heteroatoms. The number of carbonyl (C=O) groups excluding carboxylic acids is 1. The third-order valence-corrected chi connectivity index (χ3v) is 6.36. The van der Waals surface area contributed by atoms with Crippen LogP contribution < -0.4 is 9.62 Å². The van der Waals surface area contributed by atoms with Crippen LogP contribution in [0.4, 0.5) is 5.69 Å². The molecule has 0 spiro atoms. The fourth-order valence-corrected chi connectivity index (χ4v) is 4.71. The van der Waals surface area contributed by atoms with Crippen molar-refractivity contribution in [3.05, 3.63) is 36.4 Å². The molecule has 1 atom stereocenters. The monoisotopic (exact) mass is 411 g/mol. The van der Waals surface area contributed by atoms with E-state index in [1.54, 1.807) is 11.9 Å². The first-order valence-corrected chi connectivity index (χ1v) is 11.1. The second-order valence-electron chi connectivity index (χ2n) is 8.47. The lowest BCUT2D eigenvalue weighted by atomic mass is 10.1. The normalized spacial score (nSPS) is 17.0. The number of benzene rings is 2. The van der Waals surface area contributed by atoms with Crippen LogP contribution in [0.25, 0.3) is 21.9 Å². The minimum absolute atomic E-state index is 0.134. The van der Waals surface area contributed by atoms with Gasteiger partial charge in [-0.05, 0) is 68.6 Å². The van der Waals surface area contributed by atoms with E-state index in [2.05, 4.69) is 43.7 Å². The predicted molar refractivity (Wildman–Crippen MR) is 121 cm³/mol. The van der Waals surface area contributed by atoms with Crippen molar-refractivity contribution in [1.82, 2.24) is 9.62 Å². The van der Waals surface area contributed by atoms with Crippen LogP contribution in [0.5, 0.6) is 0 Å². The van der Waals surface area contributed by atoms with Gasteiger partial charge in [-0.3, -0.25) is 14.4 Å². The summed E-state index contributed by atoms with van der Waals surface area (Å²) in [5.74, 6) is 0.814. The summed E-state index contributed by atoms with van der Waals surface area (Å²) in [5, 5.41) is 2.20. The SMILES string of the molecule is CC(C)C[C@@H](C)NSc1ccc2oc3cc(N4CCN(C)CC4=O)ccc3c2c1. The molecule has 0 saturated carbocycles. The van der Waals surface area contributed by atoms with Gasteiger partial charge in [0.05, 0.1) is 6.54 Å². The van der Waals surface area contributed by atoms with Gasteiger partial charge in [0, 0.05) is 46.6 Å². The van der Waals surface area contributed by atoms with Gasteiger partial charge >= 0.3 is 0 Å². The van der Waals surface area contributed by atoms with Crippen LogP contribution in [0, 0.1) is 5.92 Å². The number of amides is 1. The summed E-state index contributed by atoms with van der Waals surface area (Å²) in [6.07, 6.45) is 1.15. The topological polar surface area (TPSA) is 48.7 Å². The summed E-state index contributed by atoms with van der Waals surface area (Å²) in [6, 6.07) is 12.9. The van der Waals surface area contributed by atoms with Gasteiger partial charge in [-0.2, -0.15) is 0 Å². The number of rotatable bonds is 6. The fourth-order valence-electron chi connectivity index (χ4n) is 3.96. The van der Waals surface area contributed by atoms with Crippen LogP contribution >= 0.6 is 11.9 Å². The van der Waals surface area contributed by atoms with E-state index in [0.29, 0.717) is 25.0 Å². The maximum atomic E-state index is 12.4. The molecule has 0 aliphatic carbocycles. The van der Waals surface area contributed by atoms with Gasteiger partial charge in [0.2, 0.25) is 5.91 Å². The molecule has 1 N–H and O–H groups in total. The molecule has 2 aromatic carbocycles. The van der Waals surface area contributed by atoms with Crippen LogP contribution in [0.3, 0.4) is 0 Å². The molecule has 1 amide bonds. The number of nitrogens with one attached hydrogen (secondary N) is 1. The average Bonchev–Trinajstić information content (AvgIpc) is 3.03. The van der Waals surface area contributed by atoms with Crippen LogP contribution in [-0.4, -0.2) is 43.5 Å². The van der Waals surface area contributed by atoms with E-state index in [4.69, 9.17) is 4.42 Å². The van der Waals surface area contributed by atoms with Gasteiger partial charge in [0.1, 0.15) is 11.2 Å². The molecule has 0 radical (unpaired) electrons. The van der Waals surface area contributed by atoms with Crippen molar-refractivity contribution in [3.63, 3.8) is 0 Å². The van der Waals surface area contributed by atoms with Gasteiger partial charge in [-0.1, -0.05) is 13.8 Å². The number of anilines is 1. The molecule has 29 heavy (non-hydrogen) atoms. The maximum absolute atomic E-state index is 12.4. The number of hydrogen-bond donors (Lipinski definition) is 1. The van der Waals surface area contributed by atoms with Gasteiger partial charge in [-0.15, -0.1) is 0 Å². The zero-order valence-electron chi connectivity index (χ0n) is 17.6. The smallest absolute Gasteiger partial charge is 0.241 e. The molecule has 1 aliphatic rings. The standard InChI is InChI=1S/C23H29N3O2S/c1-15(2)11-16(3)24-29-18-6-8-21-20(13-18)19-7-5-17(12-22(19)28-21)26-10-9-25(4)14-23(26)27/h5-8,12-13,15-16,24H,9-11,14H2,1-4H3/t16-/m1/s1. The van der Waals surface area contributed by atoms with Crippen molar-refractivity contribution >= 4 is 45.5 Å². The highest BCUT2D eigenvalue weighted by Crippen LogP contribution is 2.34. The molecule has 1 fully saturated rings. The summed E-state index contributed by atoms with van der Waals surface area (Å²) in [4.78, 5) is 17.5. The Balaban J connectivity index is 1.57. The Hall–Kier alpha value is -2.02. The van der Waals surface area contributed by atoms with E-state index >= 15 is 0 Å². The van der Waals surface area contributed by atoms with Crippen molar-refractivity contribution in [2.24, 2.45) is 5.92 Å². The number of nitrogens with zero attached hydrogens (tertiary/aromatic N) is 2. The van der Waals surface area contributed by atoms with Crippen LogP contribution in [0.15, 0.2) is 45.7 Å². The highest BCUT2D eigenvalue weighted by molar-refractivity contribution is 7.97. The van der Waals surface area contributed by atoms with E-state index in [9.17, 15) is 4.79 Å². The molecule has 5 nitrogen and oxygen atoms in total. The Labute approximate surface area is 176 Å². The number of hydrogen-bond acceptors (Lipinski definition) is 5. The number of furan rings is 1. The minimum Gasteiger partial charge on any atom is -0.456 e. The molecule has 0 bridgehead atoms. The van der Waals surface area contributed by atoms with E-state index in [0.717, 1.165) is 40.6 Å².